The third-order valence-corrected chi connectivity index (χ3v) is 4.91. The first-order chi connectivity index (χ1) is 11.6. The van der Waals surface area contributed by atoms with E-state index in [1.165, 1.54) is 6.42 Å². The number of hydrogen-bond donors (Lipinski definition) is 1. The molecule has 2 aromatic rings. The van der Waals surface area contributed by atoms with Crippen molar-refractivity contribution in [3.05, 3.63) is 47.2 Å². The molecular formula is C18H23ClN4O. The van der Waals surface area contributed by atoms with E-state index in [4.69, 9.17) is 11.6 Å². The second-order valence-electron chi connectivity index (χ2n) is 6.26. The molecule has 1 saturated heterocycles. The van der Waals surface area contributed by atoms with Crippen molar-refractivity contribution in [2.75, 3.05) is 11.9 Å². The van der Waals surface area contributed by atoms with Gasteiger partial charge >= 0.3 is 6.03 Å². The summed E-state index contributed by atoms with van der Waals surface area (Å²) in [6.07, 6.45) is 7.91. The summed E-state index contributed by atoms with van der Waals surface area (Å²) < 4.78 is 1.92. The number of aryl methyl sites for hydroxylation is 2. The van der Waals surface area contributed by atoms with E-state index in [1.807, 2.05) is 40.9 Å². The molecule has 1 aromatic carbocycles. The lowest BCUT2D eigenvalue weighted by atomic mass is 10.00. The van der Waals surface area contributed by atoms with Gasteiger partial charge in [0.25, 0.3) is 0 Å². The van der Waals surface area contributed by atoms with Gasteiger partial charge in [0.15, 0.2) is 0 Å². The van der Waals surface area contributed by atoms with Crippen LogP contribution in [-0.2, 0) is 6.54 Å². The van der Waals surface area contributed by atoms with Crippen molar-refractivity contribution in [2.45, 2.75) is 45.2 Å². The topological polar surface area (TPSA) is 50.2 Å². The van der Waals surface area contributed by atoms with Gasteiger partial charge in [-0.25, -0.2) is 4.79 Å². The Kier molecular flexibility index (Phi) is 5.41. The number of benzene rings is 1. The molecule has 1 aromatic heterocycles. The van der Waals surface area contributed by atoms with Gasteiger partial charge in [-0.15, -0.1) is 0 Å². The Balaban J connectivity index is 1.66. The zero-order valence-corrected chi connectivity index (χ0v) is 14.7. The van der Waals surface area contributed by atoms with Gasteiger partial charge in [-0.05, 0) is 50.3 Å². The molecule has 0 aliphatic carbocycles. The summed E-state index contributed by atoms with van der Waals surface area (Å²) in [7, 11) is 0. The minimum Gasteiger partial charge on any atom is -0.321 e. The van der Waals surface area contributed by atoms with Crippen LogP contribution in [-0.4, -0.2) is 33.3 Å². The molecule has 1 aliphatic heterocycles. The van der Waals surface area contributed by atoms with E-state index in [0.29, 0.717) is 10.7 Å². The van der Waals surface area contributed by atoms with E-state index in [9.17, 15) is 4.79 Å². The molecule has 5 nitrogen and oxygen atoms in total. The van der Waals surface area contributed by atoms with Crippen LogP contribution in [0.4, 0.5) is 10.5 Å². The highest BCUT2D eigenvalue weighted by Crippen LogP contribution is 2.27. The Morgan fingerprint density at radius 1 is 1.38 bits per heavy atom. The smallest absolute Gasteiger partial charge is 0.321 e. The number of piperidine rings is 1. The molecule has 0 radical (unpaired) electrons. The van der Waals surface area contributed by atoms with Gasteiger partial charge in [0.05, 0.1) is 10.7 Å². The Bertz CT molecular complexity index is 666. The van der Waals surface area contributed by atoms with Crippen molar-refractivity contribution in [2.24, 2.45) is 0 Å². The molecule has 3 rings (SSSR count). The SMILES string of the molecule is Cc1cccc(Cl)c1NC(=O)N1CCCC[C@@H]1CCn1cccn1. The summed E-state index contributed by atoms with van der Waals surface area (Å²) in [4.78, 5) is 14.7. The second-order valence-corrected chi connectivity index (χ2v) is 6.67. The zero-order valence-electron chi connectivity index (χ0n) is 13.9. The Morgan fingerprint density at radius 3 is 3.00 bits per heavy atom. The van der Waals surface area contributed by atoms with E-state index in [-0.39, 0.29) is 12.1 Å². The largest absolute Gasteiger partial charge is 0.322 e. The molecule has 0 unspecified atom stereocenters. The lowest BCUT2D eigenvalue weighted by Gasteiger charge is -2.36. The number of anilines is 1. The fourth-order valence-electron chi connectivity index (χ4n) is 3.25. The molecule has 0 bridgehead atoms. The Morgan fingerprint density at radius 2 is 2.25 bits per heavy atom. The lowest BCUT2D eigenvalue weighted by molar-refractivity contribution is 0.154. The minimum absolute atomic E-state index is 0.0589. The maximum Gasteiger partial charge on any atom is 0.322 e. The number of rotatable bonds is 4. The highest BCUT2D eigenvalue weighted by atomic mass is 35.5. The van der Waals surface area contributed by atoms with Crippen LogP contribution in [0.15, 0.2) is 36.7 Å². The maximum absolute atomic E-state index is 12.8. The van der Waals surface area contributed by atoms with Crippen LogP contribution >= 0.6 is 11.6 Å². The average molecular weight is 347 g/mol. The number of carbonyl (C=O) groups is 1. The number of aromatic nitrogens is 2. The van der Waals surface area contributed by atoms with Gasteiger partial charge in [0.1, 0.15) is 0 Å². The van der Waals surface area contributed by atoms with E-state index >= 15 is 0 Å². The first-order valence-corrected chi connectivity index (χ1v) is 8.83. The molecule has 1 fully saturated rings. The summed E-state index contributed by atoms with van der Waals surface area (Å²) in [6, 6.07) is 7.75. The standard InChI is InChI=1S/C18H23ClN4O/c1-14-6-4-8-16(19)17(14)21-18(24)23-12-3-2-7-15(23)9-13-22-11-5-10-20-22/h4-6,8,10-11,15H,2-3,7,9,12-13H2,1H3,(H,21,24)/t15-/m1/s1. The number of likely N-dealkylation sites (tertiary alicyclic amines) is 1. The lowest BCUT2D eigenvalue weighted by Crippen LogP contribution is -2.46. The van der Waals surface area contributed by atoms with Gasteiger partial charge in [-0.1, -0.05) is 23.7 Å². The van der Waals surface area contributed by atoms with Gasteiger partial charge in [-0.2, -0.15) is 5.10 Å². The maximum atomic E-state index is 12.8. The van der Waals surface area contributed by atoms with Gasteiger partial charge in [0.2, 0.25) is 0 Å². The highest BCUT2D eigenvalue weighted by molar-refractivity contribution is 6.33. The predicted molar refractivity (Wildman–Crippen MR) is 96.4 cm³/mol. The summed E-state index contributed by atoms with van der Waals surface area (Å²) in [5.41, 5.74) is 1.68. The van der Waals surface area contributed by atoms with Crippen molar-refractivity contribution in [3.8, 4) is 0 Å². The van der Waals surface area contributed by atoms with Crippen molar-refractivity contribution in [3.63, 3.8) is 0 Å². The van der Waals surface area contributed by atoms with Crippen LogP contribution in [0, 0.1) is 6.92 Å². The molecular weight excluding hydrogens is 324 g/mol. The van der Waals surface area contributed by atoms with Gasteiger partial charge in [0, 0.05) is 31.5 Å². The molecule has 0 saturated carbocycles. The number of nitrogens with one attached hydrogen (secondary N) is 1. The molecule has 24 heavy (non-hydrogen) atoms. The van der Waals surface area contributed by atoms with Crippen LogP contribution in [0.2, 0.25) is 5.02 Å². The van der Waals surface area contributed by atoms with Gasteiger partial charge in [-0.3, -0.25) is 4.68 Å². The first kappa shape index (κ1) is 16.8. The molecule has 128 valence electrons. The van der Waals surface area contributed by atoms with Crippen LogP contribution in [0.1, 0.15) is 31.2 Å². The fraction of sp³-hybridized carbons (Fsp3) is 0.444. The predicted octanol–water partition coefficient (Wildman–Crippen LogP) is 4.32. The number of nitrogens with zero attached hydrogens (tertiary/aromatic N) is 3. The Hall–Kier alpha value is -2.01. The average Bonchev–Trinajstić information content (AvgIpc) is 3.10. The third-order valence-electron chi connectivity index (χ3n) is 4.59. The van der Waals surface area contributed by atoms with Crippen molar-refractivity contribution in [1.82, 2.24) is 14.7 Å². The van der Waals surface area contributed by atoms with E-state index < -0.39 is 0 Å². The summed E-state index contributed by atoms with van der Waals surface area (Å²) in [6.45, 7) is 3.57. The summed E-state index contributed by atoms with van der Waals surface area (Å²) in [5, 5.41) is 7.82. The van der Waals surface area contributed by atoms with Crippen LogP contribution in [0.5, 0.6) is 0 Å². The molecule has 1 N–H and O–H groups in total. The number of amides is 2. The van der Waals surface area contributed by atoms with Crippen molar-refractivity contribution < 1.29 is 4.79 Å². The number of hydrogen-bond acceptors (Lipinski definition) is 2. The van der Waals surface area contributed by atoms with Crippen LogP contribution in [0.3, 0.4) is 0 Å². The van der Waals surface area contributed by atoms with E-state index in [2.05, 4.69) is 10.4 Å². The Labute approximate surface area is 147 Å². The number of para-hydroxylation sites is 1. The molecule has 2 heterocycles. The third kappa shape index (κ3) is 3.90. The monoisotopic (exact) mass is 346 g/mol. The quantitative estimate of drug-likeness (QED) is 0.896. The van der Waals surface area contributed by atoms with E-state index in [1.54, 1.807) is 12.3 Å². The van der Waals surface area contributed by atoms with E-state index in [0.717, 1.165) is 37.9 Å². The number of urea groups is 1. The summed E-state index contributed by atoms with van der Waals surface area (Å²) in [5.74, 6) is 0. The van der Waals surface area contributed by atoms with Crippen molar-refractivity contribution >= 4 is 23.3 Å². The van der Waals surface area contributed by atoms with Crippen LogP contribution < -0.4 is 5.32 Å². The molecule has 2 amide bonds. The zero-order chi connectivity index (χ0) is 16.9. The minimum atomic E-state index is -0.0589. The van der Waals surface area contributed by atoms with Crippen molar-refractivity contribution in [1.29, 1.82) is 0 Å². The number of carbonyl (C=O) groups excluding carboxylic acids is 1. The number of halogens is 1. The van der Waals surface area contributed by atoms with Crippen LogP contribution in [0.25, 0.3) is 0 Å². The normalized spacial score (nSPS) is 17.8. The molecule has 6 heteroatoms. The molecule has 1 aliphatic rings. The molecule has 1 atom stereocenters. The molecule has 0 spiro atoms. The van der Waals surface area contributed by atoms with Gasteiger partial charge < -0.3 is 10.2 Å². The summed E-state index contributed by atoms with van der Waals surface area (Å²) >= 11 is 6.23. The second kappa shape index (κ2) is 7.71. The first-order valence-electron chi connectivity index (χ1n) is 8.45. The fourth-order valence-corrected chi connectivity index (χ4v) is 3.52. The highest BCUT2D eigenvalue weighted by Gasteiger charge is 2.27.